The van der Waals surface area contributed by atoms with Crippen molar-refractivity contribution in [1.29, 1.82) is 0 Å². The molecular weight excluding hydrogens is 334 g/mol. The summed E-state index contributed by atoms with van der Waals surface area (Å²) >= 11 is 0. The highest BCUT2D eigenvalue weighted by Crippen LogP contribution is 2.08. The van der Waals surface area contributed by atoms with E-state index in [1.807, 2.05) is 0 Å². The van der Waals surface area contributed by atoms with Gasteiger partial charge < -0.3 is 14.7 Å². The smallest absolute Gasteiger partial charge is 0.239 e. The van der Waals surface area contributed by atoms with Crippen LogP contribution in [0.5, 0.6) is 0 Å². The number of nitrogens with zero attached hydrogens (tertiary/aromatic N) is 4. The van der Waals surface area contributed by atoms with E-state index in [4.69, 9.17) is 4.52 Å². The zero-order valence-electron chi connectivity index (χ0n) is 15.3. The number of aromatic nitrogens is 1. The Bertz CT molecular complexity index is 625. The quantitative estimate of drug-likeness (QED) is 0.654. The molecule has 1 N–H and O–H groups in total. The lowest BCUT2D eigenvalue weighted by molar-refractivity contribution is -0.132. The molecule has 1 saturated heterocycles. The van der Waals surface area contributed by atoms with Crippen molar-refractivity contribution in [3.63, 3.8) is 0 Å². The lowest BCUT2D eigenvalue weighted by atomic mass is 10.3. The van der Waals surface area contributed by atoms with Crippen LogP contribution in [0.25, 0.3) is 0 Å². The number of rotatable bonds is 9. The van der Waals surface area contributed by atoms with Crippen molar-refractivity contribution < 1.29 is 14.1 Å². The average molecular weight is 361 g/mol. The number of aryl methyl sites for hydroxylation is 1. The van der Waals surface area contributed by atoms with Gasteiger partial charge in [-0.1, -0.05) is 17.3 Å². The molecule has 0 saturated carbocycles. The first-order valence-corrected chi connectivity index (χ1v) is 8.69. The van der Waals surface area contributed by atoms with Gasteiger partial charge in [0.15, 0.2) is 5.82 Å². The molecule has 8 heteroatoms. The van der Waals surface area contributed by atoms with Crippen molar-refractivity contribution in [3.05, 3.63) is 37.1 Å². The molecule has 0 unspecified atom stereocenters. The van der Waals surface area contributed by atoms with Gasteiger partial charge in [-0.15, -0.1) is 13.2 Å². The molecule has 1 fully saturated rings. The van der Waals surface area contributed by atoms with Crippen LogP contribution in [0.4, 0.5) is 5.82 Å². The van der Waals surface area contributed by atoms with E-state index in [-0.39, 0.29) is 11.8 Å². The molecule has 1 aliphatic rings. The molecule has 0 spiro atoms. The molecule has 142 valence electrons. The minimum Gasteiger partial charge on any atom is -0.360 e. The number of hydrogen-bond acceptors (Lipinski definition) is 6. The van der Waals surface area contributed by atoms with E-state index in [2.05, 4.69) is 33.4 Å². The molecule has 26 heavy (non-hydrogen) atoms. The van der Waals surface area contributed by atoms with Crippen LogP contribution in [-0.4, -0.2) is 84.0 Å². The Labute approximate surface area is 154 Å². The summed E-state index contributed by atoms with van der Waals surface area (Å²) < 4.78 is 4.93. The van der Waals surface area contributed by atoms with Gasteiger partial charge in [-0.2, -0.15) is 0 Å². The maximum atomic E-state index is 12.4. The van der Waals surface area contributed by atoms with E-state index in [1.165, 1.54) is 0 Å². The van der Waals surface area contributed by atoms with Gasteiger partial charge in [0.25, 0.3) is 0 Å². The van der Waals surface area contributed by atoms with E-state index >= 15 is 0 Å². The highest BCUT2D eigenvalue weighted by molar-refractivity contribution is 5.91. The molecule has 2 rings (SSSR count). The summed E-state index contributed by atoms with van der Waals surface area (Å²) in [7, 11) is 0. The largest absolute Gasteiger partial charge is 0.360 e. The van der Waals surface area contributed by atoms with Gasteiger partial charge in [-0.3, -0.25) is 19.4 Å². The Morgan fingerprint density at radius 2 is 1.77 bits per heavy atom. The van der Waals surface area contributed by atoms with Gasteiger partial charge in [0.1, 0.15) is 5.76 Å². The van der Waals surface area contributed by atoms with E-state index < -0.39 is 0 Å². The predicted octanol–water partition coefficient (Wildman–Crippen LogP) is 0.740. The van der Waals surface area contributed by atoms with Crippen LogP contribution in [0, 0.1) is 6.92 Å². The Morgan fingerprint density at radius 3 is 2.27 bits per heavy atom. The fourth-order valence-corrected chi connectivity index (χ4v) is 2.80. The van der Waals surface area contributed by atoms with Gasteiger partial charge in [-0.05, 0) is 6.92 Å². The van der Waals surface area contributed by atoms with E-state index in [0.717, 1.165) is 26.2 Å². The lowest BCUT2D eigenvalue weighted by Crippen LogP contribution is -2.51. The van der Waals surface area contributed by atoms with Crippen LogP contribution in [0.1, 0.15) is 5.76 Å². The van der Waals surface area contributed by atoms with Gasteiger partial charge in [-0.25, -0.2) is 0 Å². The maximum absolute atomic E-state index is 12.4. The number of nitrogens with one attached hydrogen (secondary N) is 1. The minimum absolute atomic E-state index is 0.0670. The third-order valence-electron chi connectivity index (χ3n) is 4.14. The second-order valence-corrected chi connectivity index (χ2v) is 6.30. The predicted molar refractivity (Wildman–Crippen MR) is 99.7 cm³/mol. The third kappa shape index (κ3) is 6.12. The summed E-state index contributed by atoms with van der Waals surface area (Å²) in [6, 6.07) is 1.68. The number of piperazine rings is 1. The Balaban J connectivity index is 1.72. The molecule has 0 aliphatic carbocycles. The number of hydrogen-bond donors (Lipinski definition) is 1. The molecule has 0 radical (unpaired) electrons. The van der Waals surface area contributed by atoms with Crippen molar-refractivity contribution in [3.8, 4) is 0 Å². The Morgan fingerprint density at radius 1 is 1.19 bits per heavy atom. The SMILES string of the molecule is C=CCN(CC=C)C(=O)CN1CCN(CC(=O)Nc2cc(C)on2)CC1. The average Bonchev–Trinajstić information content (AvgIpc) is 3.01. The summed E-state index contributed by atoms with van der Waals surface area (Å²) in [6.07, 6.45) is 3.43. The summed E-state index contributed by atoms with van der Waals surface area (Å²) in [5.74, 6) is 1.03. The van der Waals surface area contributed by atoms with Crippen LogP contribution in [-0.2, 0) is 9.59 Å². The second-order valence-electron chi connectivity index (χ2n) is 6.30. The fourth-order valence-electron chi connectivity index (χ4n) is 2.80. The molecule has 1 aromatic rings. The zero-order valence-corrected chi connectivity index (χ0v) is 15.3. The van der Waals surface area contributed by atoms with Crippen molar-refractivity contribution in [1.82, 2.24) is 19.9 Å². The number of anilines is 1. The van der Waals surface area contributed by atoms with Gasteiger partial charge in [0.05, 0.1) is 13.1 Å². The van der Waals surface area contributed by atoms with Gasteiger partial charge >= 0.3 is 0 Å². The normalized spacial score (nSPS) is 15.4. The standard InChI is InChI=1S/C18H27N5O3/c1-4-6-23(7-5-2)18(25)14-22-10-8-21(9-11-22)13-17(24)19-16-12-15(3)26-20-16/h4-5,12H,1-2,6-11,13-14H2,3H3,(H,19,20,24). The fraction of sp³-hybridized carbons (Fsp3) is 0.500. The number of amides is 2. The third-order valence-corrected chi connectivity index (χ3v) is 4.14. The van der Waals surface area contributed by atoms with Crippen LogP contribution >= 0.6 is 0 Å². The Kier molecular flexibility index (Phi) is 7.55. The van der Waals surface area contributed by atoms with Crippen molar-refractivity contribution in [2.75, 3.05) is 57.7 Å². The summed E-state index contributed by atoms with van der Waals surface area (Å²) in [6.45, 7) is 13.8. The second kappa shape index (κ2) is 9.88. The molecule has 0 bridgehead atoms. The Hall–Kier alpha value is -2.45. The van der Waals surface area contributed by atoms with E-state index in [9.17, 15) is 9.59 Å². The van der Waals surface area contributed by atoms with Crippen molar-refractivity contribution >= 4 is 17.6 Å². The van der Waals surface area contributed by atoms with E-state index in [0.29, 0.717) is 37.8 Å². The maximum Gasteiger partial charge on any atom is 0.239 e. The summed E-state index contributed by atoms with van der Waals surface area (Å²) in [4.78, 5) is 30.3. The molecule has 1 aromatic heterocycles. The summed E-state index contributed by atoms with van der Waals surface area (Å²) in [5.41, 5.74) is 0. The first-order valence-electron chi connectivity index (χ1n) is 8.69. The molecule has 0 atom stereocenters. The first kappa shape index (κ1) is 19.9. The van der Waals surface area contributed by atoms with Crippen LogP contribution in [0.15, 0.2) is 35.9 Å². The molecule has 8 nitrogen and oxygen atoms in total. The molecule has 0 aromatic carbocycles. The molecule has 1 aliphatic heterocycles. The highest BCUT2D eigenvalue weighted by atomic mass is 16.5. The lowest BCUT2D eigenvalue weighted by Gasteiger charge is -2.34. The number of carbonyl (C=O) groups excluding carboxylic acids is 2. The van der Waals surface area contributed by atoms with E-state index in [1.54, 1.807) is 30.0 Å². The molecule has 2 amide bonds. The van der Waals surface area contributed by atoms with Crippen LogP contribution < -0.4 is 5.32 Å². The minimum atomic E-state index is -0.119. The summed E-state index contributed by atoms with van der Waals surface area (Å²) in [5, 5.41) is 6.47. The first-order chi connectivity index (χ1) is 12.5. The van der Waals surface area contributed by atoms with Crippen molar-refractivity contribution in [2.24, 2.45) is 0 Å². The van der Waals surface area contributed by atoms with Crippen LogP contribution in [0.3, 0.4) is 0 Å². The van der Waals surface area contributed by atoms with Crippen LogP contribution in [0.2, 0.25) is 0 Å². The highest BCUT2D eigenvalue weighted by Gasteiger charge is 2.22. The number of carbonyl (C=O) groups is 2. The topological polar surface area (TPSA) is 81.9 Å². The van der Waals surface area contributed by atoms with Gasteiger partial charge in [0.2, 0.25) is 11.8 Å². The molecular formula is C18H27N5O3. The zero-order chi connectivity index (χ0) is 18.9. The van der Waals surface area contributed by atoms with Crippen molar-refractivity contribution in [2.45, 2.75) is 6.92 Å². The van der Waals surface area contributed by atoms with Gasteiger partial charge in [0, 0.05) is 45.3 Å². The molecule has 2 heterocycles. The monoisotopic (exact) mass is 361 g/mol.